The minimum atomic E-state index is 0.298. The Morgan fingerprint density at radius 2 is 2.09 bits per heavy atom. The molecular weight excluding hydrogens is 290 g/mol. The van der Waals surface area contributed by atoms with Crippen LogP contribution < -0.4 is 11.1 Å². The van der Waals surface area contributed by atoms with Crippen molar-refractivity contribution in [3.05, 3.63) is 28.2 Å². The predicted molar refractivity (Wildman–Crippen MR) is 89.7 cm³/mol. The Morgan fingerprint density at radius 1 is 1.30 bits per heavy atom. The summed E-state index contributed by atoms with van der Waals surface area (Å²) < 4.78 is 1.93. The smallest absolute Gasteiger partial charge is 0.163 e. The van der Waals surface area contributed by atoms with Crippen LogP contribution in [0.4, 0.5) is 5.82 Å². The van der Waals surface area contributed by atoms with Gasteiger partial charge in [0.15, 0.2) is 5.82 Å². The van der Waals surface area contributed by atoms with E-state index in [9.17, 15) is 0 Å². The van der Waals surface area contributed by atoms with E-state index < -0.39 is 0 Å². The van der Waals surface area contributed by atoms with Crippen LogP contribution in [0.15, 0.2) is 0 Å². The van der Waals surface area contributed by atoms with E-state index in [1.165, 1.54) is 11.3 Å². The molecule has 124 valence electrons. The van der Waals surface area contributed by atoms with Gasteiger partial charge in [-0.05, 0) is 39.7 Å². The van der Waals surface area contributed by atoms with Crippen LogP contribution in [0.2, 0.25) is 0 Å². The van der Waals surface area contributed by atoms with Crippen LogP contribution in [0.1, 0.15) is 47.5 Å². The highest BCUT2D eigenvalue weighted by molar-refractivity contribution is 5.50. The summed E-state index contributed by atoms with van der Waals surface area (Å²) in [7, 11) is 1.98. The number of aromatic amines is 1. The summed E-state index contributed by atoms with van der Waals surface area (Å²) in [5.74, 6) is 0.298. The normalized spacial score (nSPS) is 10.9. The summed E-state index contributed by atoms with van der Waals surface area (Å²) in [4.78, 5) is 0. The number of nitriles is 1. The topological polar surface area (TPSA) is 108 Å². The van der Waals surface area contributed by atoms with E-state index in [1.54, 1.807) is 0 Å². The third kappa shape index (κ3) is 4.11. The van der Waals surface area contributed by atoms with Crippen LogP contribution in [0.3, 0.4) is 0 Å². The van der Waals surface area contributed by atoms with Crippen molar-refractivity contribution in [2.75, 3.05) is 12.3 Å². The van der Waals surface area contributed by atoms with Crippen LogP contribution in [-0.4, -0.2) is 26.5 Å². The fourth-order valence-electron chi connectivity index (χ4n) is 2.72. The first-order chi connectivity index (χ1) is 11.0. The zero-order valence-electron chi connectivity index (χ0n) is 14.1. The van der Waals surface area contributed by atoms with Crippen molar-refractivity contribution in [1.82, 2.24) is 25.3 Å². The standard InChI is InChI=1S/C16H25N7/c1-11-14(12(2)23(3)22-11)10-19-8-6-4-5-7-15-13(9-17)16(18)21-20-15/h19H,4-8,10H2,1-3H3,(H3,18,20,21). The number of nitrogens with one attached hydrogen (secondary N) is 2. The molecule has 4 N–H and O–H groups in total. The molecule has 2 aromatic heterocycles. The van der Waals surface area contributed by atoms with Gasteiger partial charge in [-0.15, -0.1) is 0 Å². The van der Waals surface area contributed by atoms with E-state index in [0.29, 0.717) is 11.4 Å². The molecule has 0 spiro atoms. The molecule has 2 rings (SSSR count). The van der Waals surface area contributed by atoms with Gasteiger partial charge in [-0.3, -0.25) is 9.78 Å². The Morgan fingerprint density at radius 3 is 2.74 bits per heavy atom. The van der Waals surface area contributed by atoms with Crippen molar-refractivity contribution >= 4 is 5.82 Å². The Bertz CT molecular complexity index is 690. The maximum atomic E-state index is 9.01. The van der Waals surface area contributed by atoms with Gasteiger partial charge in [0.1, 0.15) is 11.6 Å². The summed E-state index contributed by atoms with van der Waals surface area (Å²) in [6.07, 6.45) is 4.03. The van der Waals surface area contributed by atoms with Gasteiger partial charge in [0, 0.05) is 24.8 Å². The van der Waals surface area contributed by atoms with Gasteiger partial charge in [-0.1, -0.05) is 6.42 Å². The predicted octanol–water partition coefficient (Wildman–Crippen LogP) is 1.72. The molecule has 0 saturated heterocycles. The lowest BCUT2D eigenvalue weighted by Crippen LogP contribution is -2.15. The molecule has 0 aliphatic heterocycles. The number of unbranched alkanes of at least 4 members (excludes halogenated alkanes) is 2. The molecule has 0 aliphatic rings. The lowest BCUT2D eigenvalue weighted by molar-refractivity contribution is 0.598. The number of aryl methyl sites for hydroxylation is 3. The second kappa shape index (κ2) is 7.79. The summed E-state index contributed by atoms with van der Waals surface area (Å²) in [5.41, 5.74) is 10.6. The maximum absolute atomic E-state index is 9.01. The SMILES string of the molecule is Cc1nn(C)c(C)c1CNCCCCCc1[nH]nc(N)c1C#N. The molecule has 2 heterocycles. The molecule has 0 saturated carbocycles. The van der Waals surface area contributed by atoms with Crippen LogP contribution in [0.5, 0.6) is 0 Å². The van der Waals surface area contributed by atoms with Gasteiger partial charge in [-0.25, -0.2) is 0 Å². The van der Waals surface area contributed by atoms with E-state index in [-0.39, 0.29) is 0 Å². The Labute approximate surface area is 136 Å². The quantitative estimate of drug-likeness (QED) is 0.643. The molecule has 0 bridgehead atoms. The molecule has 0 radical (unpaired) electrons. The molecule has 0 aromatic carbocycles. The first-order valence-electron chi connectivity index (χ1n) is 7.97. The van der Waals surface area contributed by atoms with Crippen LogP contribution >= 0.6 is 0 Å². The average Bonchev–Trinajstić information content (AvgIpc) is 2.99. The van der Waals surface area contributed by atoms with Gasteiger partial charge >= 0.3 is 0 Å². The zero-order chi connectivity index (χ0) is 16.8. The number of hydrogen-bond donors (Lipinski definition) is 3. The number of nitrogen functional groups attached to an aromatic ring is 1. The minimum Gasteiger partial charge on any atom is -0.381 e. The molecule has 0 fully saturated rings. The number of hydrogen-bond acceptors (Lipinski definition) is 5. The molecule has 0 unspecified atom stereocenters. The van der Waals surface area contributed by atoms with Gasteiger partial charge in [0.2, 0.25) is 0 Å². The van der Waals surface area contributed by atoms with Gasteiger partial charge in [-0.2, -0.15) is 15.5 Å². The van der Waals surface area contributed by atoms with E-state index in [2.05, 4.69) is 33.6 Å². The van der Waals surface area contributed by atoms with Gasteiger partial charge < -0.3 is 11.1 Å². The molecule has 7 heteroatoms. The number of nitrogens with two attached hydrogens (primary N) is 1. The number of anilines is 1. The lowest BCUT2D eigenvalue weighted by Gasteiger charge is -2.05. The highest BCUT2D eigenvalue weighted by Gasteiger charge is 2.10. The molecule has 0 aliphatic carbocycles. The fourth-order valence-corrected chi connectivity index (χ4v) is 2.72. The van der Waals surface area contributed by atoms with Crippen LogP contribution in [-0.2, 0) is 20.0 Å². The number of aromatic nitrogens is 4. The second-order valence-corrected chi connectivity index (χ2v) is 5.83. The van der Waals surface area contributed by atoms with Crippen LogP contribution in [0, 0.1) is 25.2 Å². The molecule has 23 heavy (non-hydrogen) atoms. The van der Waals surface area contributed by atoms with Crippen molar-refractivity contribution in [3.8, 4) is 6.07 Å². The van der Waals surface area contributed by atoms with E-state index in [1.807, 2.05) is 18.7 Å². The van der Waals surface area contributed by atoms with Crippen molar-refractivity contribution < 1.29 is 0 Å². The number of nitrogens with zero attached hydrogens (tertiary/aromatic N) is 4. The first kappa shape index (κ1) is 17.0. The van der Waals surface area contributed by atoms with Gasteiger partial charge in [0.05, 0.1) is 11.4 Å². The zero-order valence-corrected chi connectivity index (χ0v) is 14.1. The second-order valence-electron chi connectivity index (χ2n) is 5.83. The van der Waals surface area contributed by atoms with Crippen molar-refractivity contribution in [1.29, 1.82) is 5.26 Å². The largest absolute Gasteiger partial charge is 0.381 e. The Kier molecular flexibility index (Phi) is 5.77. The maximum Gasteiger partial charge on any atom is 0.163 e. The van der Waals surface area contributed by atoms with Crippen LogP contribution in [0.25, 0.3) is 0 Å². The molecular formula is C16H25N7. The number of H-pyrrole nitrogens is 1. The molecule has 0 amide bonds. The summed E-state index contributed by atoms with van der Waals surface area (Å²) in [5, 5.41) is 23.6. The van der Waals surface area contributed by atoms with Gasteiger partial charge in [0.25, 0.3) is 0 Å². The fraction of sp³-hybridized carbons (Fsp3) is 0.562. The molecule has 2 aromatic rings. The molecule has 0 atom stereocenters. The van der Waals surface area contributed by atoms with E-state index in [4.69, 9.17) is 11.0 Å². The van der Waals surface area contributed by atoms with E-state index >= 15 is 0 Å². The third-order valence-corrected chi connectivity index (χ3v) is 4.22. The average molecular weight is 315 g/mol. The lowest BCUT2D eigenvalue weighted by atomic mass is 10.1. The van der Waals surface area contributed by atoms with E-state index in [0.717, 1.165) is 50.2 Å². The summed E-state index contributed by atoms with van der Waals surface area (Å²) in [6.45, 7) is 5.98. The highest BCUT2D eigenvalue weighted by Crippen LogP contribution is 2.14. The van der Waals surface area contributed by atoms with Crippen molar-refractivity contribution in [2.24, 2.45) is 7.05 Å². The summed E-state index contributed by atoms with van der Waals surface area (Å²) in [6, 6.07) is 2.10. The Balaban J connectivity index is 1.64. The minimum absolute atomic E-state index is 0.298. The summed E-state index contributed by atoms with van der Waals surface area (Å²) >= 11 is 0. The Hall–Kier alpha value is -2.33. The van der Waals surface area contributed by atoms with Crippen molar-refractivity contribution in [2.45, 2.75) is 46.1 Å². The first-order valence-corrected chi connectivity index (χ1v) is 7.97. The third-order valence-electron chi connectivity index (χ3n) is 4.22. The highest BCUT2D eigenvalue weighted by atomic mass is 15.3. The monoisotopic (exact) mass is 315 g/mol. The van der Waals surface area contributed by atoms with Crippen molar-refractivity contribution in [3.63, 3.8) is 0 Å². The number of rotatable bonds is 8. The molecule has 7 nitrogen and oxygen atoms in total.